The average molecular weight is 454 g/mol. The second kappa shape index (κ2) is 7.16. The number of aliphatic hydroxyl groups excluding tert-OH is 3. The largest absolute Gasteiger partial charge is 0.455 e. The van der Waals surface area contributed by atoms with E-state index in [1.807, 2.05) is 0 Å². The first-order chi connectivity index (χ1) is 14.8. The quantitative estimate of drug-likeness (QED) is 0.449. The van der Waals surface area contributed by atoms with Crippen LogP contribution >= 0.6 is 0 Å². The van der Waals surface area contributed by atoms with Gasteiger partial charge in [0.05, 0.1) is 6.10 Å². The molecule has 0 aromatic rings. The van der Waals surface area contributed by atoms with E-state index in [0.717, 1.165) is 6.92 Å². The molecule has 3 fully saturated rings. The molecule has 0 radical (unpaired) electrons. The number of Topliss-reactive ketones (excluding diaryl/α,β-unsaturated/α-hetero) is 1. The van der Waals surface area contributed by atoms with Gasteiger partial charge in [-0.15, -0.1) is 0 Å². The van der Waals surface area contributed by atoms with E-state index in [9.17, 15) is 34.8 Å². The van der Waals surface area contributed by atoms with Crippen LogP contribution in [-0.4, -0.2) is 74.2 Å². The number of aliphatic hydroxyl groups is 4. The second-order valence-corrected chi connectivity index (χ2v) is 10.4. The molecule has 4 rings (SSSR count). The molecule has 0 amide bonds. The van der Waals surface area contributed by atoms with Crippen LogP contribution in [0.5, 0.6) is 0 Å². The minimum Gasteiger partial charge on any atom is -0.455 e. The highest BCUT2D eigenvalue weighted by molar-refractivity contribution is 5.92. The summed E-state index contributed by atoms with van der Waals surface area (Å²) in [7, 11) is 0. The first-order valence-corrected chi connectivity index (χ1v) is 11.1. The highest BCUT2D eigenvalue weighted by Crippen LogP contribution is 2.70. The predicted molar refractivity (Wildman–Crippen MR) is 108 cm³/mol. The van der Waals surface area contributed by atoms with Crippen molar-refractivity contribution in [1.29, 1.82) is 0 Å². The van der Waals surface area contributed by atoms with Crippen LogP contribution in [0.15, 0.2) is 11.6 Å². The highest BCUT2D eigenvalue weighted by Gasteiger charge is 2.77. The molecule has 0 heterocycles. The number of hydrogen-bond donors (Lipinski definition) is 4. The minimum absolute atomic E-state index is 0.0445. The van der Waals surface area contributed by atoms with Crippen molar-refractivity contribution < 1.29 is 43.9 Å². The molecule has 32 heavy (non-hydrogen) atoms. The van der Waals surface area contributed by atoms with Crippen molar-refractivity contribution in [2.75, 3.05) is 6.61 Å². The molecule has 0 aliphatic heterocycles. The number of rotatable bonds is 3. The Hall–Kier alpha value is -1.68. The van der Waals surface area contributed by atoms with Crippen LogP contribution < -0.4 is 0 Å². The van der Waals surface area contributed by atoms with Crippen LogP contribution in [0.25, 0.3) is 0 Å². The maximum atomic E-state index is 17.2. The van der Waals surface area contributed by atoms with Gasteiger partial charge in [-0.2, -0.15) is 0 Å². The maximum absolute atomic E-state index is 17.2. The van der Waals surface area contributed by atoms with Gasteiger partial charge in [-0.3, -0.25) is 14.4 Å². The Morgan fingerprint density at radius 1 is 1.25 bits per heavy atom. The van der Waals surface area contributed by atoms with Gasteiger partial charge in [-0.1, -0.05) is 13.8 Å². The first-order valence-electron chi connectivity index (χ1n) is 11.1. The van der Waals surface area contributed by atoms with Crippen molar-refractivity contribution in [3.05, 3.63) is 11.6 Å². The van der Waals surface area contributed by atoms with Crippen molar-refractivity contribution in [2.24, 2.45) is 22.7 Å². The number of fused-ring (bicyclic) bond motifs is 5. The summed E-state index contributed by atoms with van der Waals surface area (Å²) in [6, 6.07) is 0. The molecule has 178 valence electrons. The first kappa shape index (κ1) is 23.5. The summed E-state index contributed by atoms with van der Waals surface area (Å²) in [6.45, 7) is 3.41. The molecule has 0 aromatic heterocycles. The Kier molecular flexibility index (Phi) is 5.25. The summed E-state index contributed by atoms with van der Waals surface area (Å²) < 4.78 is 22.6. The average Bonchev–Trinajstić information content (AvgIpc) is 2.98. The molecule has 0 bridgehead atoms. The Morgan fingerprint density at radius 3 is 2.50 bits per heavy atom. The summed E-state index contributed by atoms with van der Waals surface area (Å²) in [5.41, 5.74) is -6.92. The van der Waals surface area contributed by atoms with Crippen molar-refractivity contribution in [2.45, 2.75) is 82.5 Å². The monoisotopic (exact) mass is 454 g/mol. The summed E-state index contributed by atoms with van der Waals surface area (Å²) in [5, 5.41) is 43.3. The lowest BCUT2D eigenvalue weighted by molar-refractivity contribution is -0.263. The van der Waals surface area contributed by atoms with Crippen molar-refractivity contribution in [1.82, 2.24) is 0 Å². The van der Waals surface area contributed by atoms with Crippen molar-refractivity contribution in [3.63, 3.8) is 0 Å². The molecule has 0 saturated heterocycles. The number of ketones is 2. The van der Waals surface area contributed by atoms with E-state index in [0.29, 0.717) is 0 Å². The van der Waals surface area contributed by atoms with Crippen molar-refractivity contribution >= 4 is 17.5 Å². The summed E-state index contributed by atoms with van der Waals surface area (Å²) in [6.07, 6.45) is -3.34. The van der Waals surface area contributed by atoms with Gasteiger partial charge in [0, 0.05) is 30.1 Å². The number of carbonyl (C=O) groups excluding carboxylic acids is 3. The number of esters is 1. The Bertz CT molecular complexity index is 902. The predicted octanol–water partition coefficient (Wildman–Crippen LogP) is 0.386. The lowest BCUT2D eigenvalue weighted by Gasteiger charge is -2.65. The van der Waals surface area contributed by atoms with E-state index in [4.69, 9.17) is 4.74 Å². The van der Waals surface area contributed by atoms with E-state index in [-0.39, 0.29) is 43.5 Å². The fourth-order valence-corrected chi connectivity index (χ4v) is 7.46. The molecule has 0 spiro atoms. The van der Waals surface area contributed by atoms with Crippen LogP contribution in [0.3, 0.4) is 0 Å². The van der Waals surface area contributed by atoms with Crippen LogP contribution in [-0.2, 0) is 19.1 Å². The normalized spacial score (nSPS) is 50.1. The summed E-state index contributed by atoms with van der Waals surface area (Å²) >= 11 is 0. The molecular weight excluding hydrogens is 423 g/mol. The lowest BCUT2D eigenvalue weighted by atomic mass is 9.42. The molecule has 9 atom stereocenters. The van der Waals surface area contributed by atoms with Crippen LogP contribution in [0.2, 0.25) is 0 Å². The smallest absolute Gasteiger partial charge is 0.303 e. The molecule has 2 unspecified atom stereocenters. The zero-order valence-electron chi connectivity index (χ0n) is 18.5. The summed E-state index contributed by atoms with van der Waals surface area (Å²) in [4.78, 5) is 36.5. The number of alkyl halides is 1. The van der Waals surface area contributed by atoms with Crippen LogP contribution in [0.4, 0.5) is 4.39 Å². The van der Waals surface area contributed by atoms with Gasteiger partial charge in [0.15, 0.2) is 23.3 Å². The van der Waals surface area contributed by atoms with Gasteiger partial charge in [0.2, 0.25) is 0 Å². The third kappa shape index (κ3) is 2.65. The molecule has 4 aliphatic carbocycles. The van der Waals surface area contributed by atoms with E-state index in [1.165, 1.54) is 6.08 Å². The van der Waals surface area contributed by atoms with Crippen LogP contribution in [0.1, 0.15) is 52.9 Å². The topological polar surface area (TPSA) is 141 Å². The second-order valence-electron chi connectivity index (χ2n) is 10.4. The lowest BCUT2D eigenvalue weighted by Crippen LogP contribution is -2.74. The van der Waals surface area contributed by atoms with Gasteiger partial charge < -0.3 is 25.2 Å². The van der Waals surface area contributed by atoms with E-state index < -0.39 is 70.6 Å². The van der Waals surface area contributed by atoms with E-state index in [1.54, 1.807) is 13.8 Å². The Morgan fingerprint density at radius 2 is 1.91 bits per heavy atom. The standard InChI is InChI=1S/C23H31FO8/c1-11(26)32-19-14-8-12(27)4-6-20(14,2)23(24)15(28)9-21(3)13(17(23)18(19)30)5-7-22(21,31)16(29)10-25/h8,13,15,17-19,25,28,30-31H,4-7,9-10H2,1-3H3/t13-,15-,17+,18?,19?,20-,21-,22-,23+/m0/s1. The van der Waals surface area contributed by atoms with Gasteiger partial charge in [0.25, 0.3) is 0 Å². The molecule has 3 saturated carbocycles. The molecule has 9 heteroatoms. The highest BCUT2D eigenvalue weighted by atomic mass is 19.1. The zero-order valence-corrected chi connectivity index (χ0v) is 18.5. The Balaban J connectivity index is 1.90. The minimum atomic E-state index is -2.38. The van der Waals surface area contributed by atoms with E-state index in [2.05, 4.69) is 0 Å². The summed E-state index contributed by atoms with van der Waals surface area (Å²) in [5.74, 6) is -3.79. The maximum Gasteiger partial charge on any atom is 0.303 e. The molecule has 4 N–H and O–H groups in total. The molecular formula is C23H31FO8. The van der Waals surface area contributed by atoms with Crippen molar-refractivity contribution in [3.8, 4) is 0 Å². The fourth-order valence-electron chi connectivity index (χ4n) is 7.46. The third-order valence-electron chi connectivity index (χ3n) is 9.15. The zero-order chi connectivity index (χ0) is 23.9. The number of hydrogen-bond acceptors (Lipinski definition) is 8. The molecule has 0 aromatic carbocycles. The van der Waals surface area contributed by atoms with Gasteiger partial charge in [-0.05, 0) is 43.3 Å². The van der Waals surface area contributed by atoms with Gasteiger partial charge in [-0.25, -0.2) is 4.39 Å². The Labute approximate surface area is 185 Å². The number of ether oxygens (including phenoxy) is 1. The fraction of sp³-hybridized carbons (Fsp3) is 0.783. The molecule has 8 nitrogen and oxygen atoms in total. The van der Waals surface area contributed by atoms with Crippen LogP contribution in [0, 0.1) is 22.7 Å². The SMILES string of the molecule is CC(=O)OC1C2=CC(=O)CC[C@]2(C)[C@@]2(F)[C@@H](O)C[C@@]3(C)[C@@H](CC[C@]3(O)C(=O)CO)[C@@H]2C1O. The van der Waals surface area contributed by atoms with Gasteiger partial charge >= 0.3 is 5.97 Å². The number of halogens is 1. The van der Waals surface area contributed by atoms with E-state index >= 15 is 4.39 Å². The van der Waals surface area contributed by atoms with Gasteiger partial charge in [0.1, 0.15) is 18.3 Å². The number of carbonyl (C=O) groups is 3. The molecule has 4 aliphatic rings. The third-order valence-corrected chi connectivity index (χ3v) is 9.15.